The van der Waals surface area contributed by atoms with Gasteiger partial charge in [0.1, 0.15) is 0 Å². The maximum absolute atomic E-state index is 9.97. The molecule has 0 saturated carbocycles. The number of ether oxygens (including phenoxy) is 1. The zero-order chi connectivity index (χ0) is 12.6. The molecule has 0 bridgehead atoms. The van der Waals surface area contributed by atoms with E-state index in [4.69, 9.17) is 4.74 Å². The largest absolute Gasteiger partial charge is 0.371 e. The molecular formula is C14H27O2S. The first-order chi connectivity index (χ1) is 8.41. The molecule has 17 heavy (non-hydrogen) atoms. The molecule has 0 saturated heterocycles. The van der Waals surface area contributed by atoms with Gasteiger partial charge in [-0.2, -0.15) is 0 Å². The first-order valence-corrected chi connectivity index (χ1v) is 8.23. The van der Waals surface area contributed by atoms with Crippen LogP contribution >= 0.6 is 11.8 Å². The molecule has 0 aromatic carbocycles. The zero-order valence-electron chi connectivity index (χ0n) is 11.2. The molecule has 0 rings (SSSR count). The van der Waals surface area contributed by atoms with Gasteiger partial charge in [0.25, 0.3) is 0 Å². The Morgan fingerprint density at radius 3 is 1.94 bits per heavy atom. The summed E-state index contributed by atoms with van der Waals surface area (Å²) in [5, 5.41) is 0. The summed E-state index contributed by atoms with van der Waals surface area (Å²) in [7, 11) is 0. The van der Waals surface area contributed by atoms with Crippen molar-refractivity contribution in [2.75, 3.05) is 18.8 Å². The van der Waals surface area contributed by atoms with Gasteiger partial charge in [0.05, 0.1) is 5.94 Å². The Morgan fingerprint density at radius 2 is 1.41 bits per heavy atom. The predicted octanol–water partition coefficient (Wildman–Crippen LogP) is 4.33. The molecule has 0 aliphatic heterocycles. The van der Waals surface area contributed by atoms with Crippen molar-refractivity contribution in [1.29, 1.82) is 0 Å². The molecule has 0 aliphatic carbocycles. The minimum atomic E-state index is 0.621. The molecule has 3 heteroatoms. The summed E-state index contributed by atoms with van der Waals surface area (Å²) in [5.74, 6) is 0.832. The molecule has 2 nitrogen and oxygen atoms in total. The smallest absolute Gasteiger partial charge is 0.198 e. The third-order valence-corrected chi connectivity index (χ3v) is 3.17. The van der Waals surface area contributed by atoms with Gasteiger partial charge in [-0.25, -0.2) is 0 Å². The lowest BCUT2D eigenvalue weighted by Gasteiger charge is -2.03. The molecule has 0 unspecified atom stereocenters. The molecule has 0 aromatic rings. The topological polar surface area (TPSA) is 26.3 Å². The summed E-state index contributed by atoms with van der Waals surface area (Å²) in [6.45, 7) is 0.920. The standard InChI is InChI=1S/C14H27O2S/c1-17-14-16-13-11-9-7-5-3-2-4-6-8-10-12-15/h2-11,13-14H2,1H3. The van der Waals surface area contributed by atoms with E-state index in [-0.39, 0.29) is 0 Å². The Balaban J connectivity index is 2.87. The van der Waals surface area contributed by atoms with Crippen LogP contribution in [-0.2, 0) is 9.53 Å². The summed E-state index contributed by atoms with van der Waals surface area (Å²) in [6, 6.07) is 0. The zero-order valence-corrected chi connectivity index (χ0v) is 12.0. The minimum absolute atomic E-state index is 0.621. The Bertz CT molecular complexity index is 151. The van der Waals surface area contributed by atoms with Crippen LogP contribution in [0.4, 0.5) is 0 Å². The molecule has 0 aromatic heterocycles. The number of unbranched alkanes of at least 4 members (excludes halogenated alkanes) is 9. The van der Waals surface area contributed by atoms with E-state index in [0.717, 1.165) is 19.0 Å². The maximum Gasteiger partial charge on any atom is 0.198 e. The minimum Gasteiger partial charge on any atom is -0.371 e. The number of thioether (sulfide) groups is 1. The first kappa shape index (κ1) is 17.0. The van der Waals surface area contributed by atoms with E-state index in [2.05, 4.69) is 6.26 Å². The molecule has 1 radical (unpaired) electrons. The number of rotatable bonds is 14. The molecule has 0 aliphatic rings. The Labute approximate surface area is 111 Å². The van der Waals surface area contributed by atoms with Gasteiger partial charge in [-0.3, -0.25) is 4.79 Å². The van der Waals surface area contributed by atoms with Gasteiger partial charge in [-0.05, 0) is 19.1 Å². The van der Waals surface area contributed by atoms with Gasteiger partial charge in [0, 0.05) is 13.0 Å². The molecule has 0 fully saturated rings. The van der Waals surface area contributed by atoms with Crippen LogP contribution in [0.2, 0.25) is 0 Å². The van der Waals surface area contributed by atoms with E-state index < -0.39 is 0 Å². The molecule has 0 spiro atoms. The Kier molecular flexibility index (Phi) is 16.0. The van der Waals surface area contributed by atoms with E-state index >= 15 is 0 Å². The van der Waals surface area contributed by atoms with E-state index in [9.17, 15) is 4.79 Å². The van der Waals surface area contributed by atoms with Crippen molar-refractivity contribution in [3.8, 4) is 0 Å². The van der Waals surface area contributed by atoms with Gasteiger partial charge in [-0.15, -0.1) is 11.8 Å². The van der Waals surface area contributed by atoms with Gasteiger partial charge in [0.15, 0.2) is 6.29 Å². The van der Waals surface area contributed by atoms with Crippen molar-refractivity contribution in [3.05, 3.63) is 0 Å². The van der Waals surface area contributed by atoms with Crippen molar-refractivity contribution in [2.45, 2.75) is 64.2 Å². The molecule has 0 amide bonds. The third-order valence-electron chi connectivity index (χ3n) is 2.77. The van der Waals surface area contributed by atoms with Crippen molar-refractivity contribution in [2.24, 2.45) is 0 Å². The van der Waals surface area contributed by atoms with Crippen LogP contribution in [0, 0.1) is 0 Å². The summed E-state index contributed by atoms with van der Waals surface area (Å²) in [6.07, 6.45) is 16.0. The lowest BCUT2D eigenvalue weighted by molar-refractivity contribution is 0.177. The highest BCUT2D eigenvalue weighted by Gasteiger charge is 1.93. The number of hydrogen-bond donors (Lipinski definition) is 0. The fraction of sp³-hybridized carbons (Fsp3) is 0.929. The molecule has 101 valence electrons. The maximum atomic E-state index is 9.97. The highest BCUT2D eigenvalue weighted by molar-refractivity contribution is 7.98. The summed E-state index contributed by atoms with van der Waals surface area (Å²) >= 11 is 1.74. The normalized spacial score (nSPS) is 10.6. The quantitative estimate of drug-likeness (QED) is 0.343. The second-order valence-corrected chi connectivity index (χ2v) is 5.20. The van der Waals surface area contributed by atoms with Crippen LogP contribution < -0.4 is 0 Å². The van der Waals surface area contributed by atoms with Crippen molar-refractivity contribution in [1.82, 2.24) is 0 Å². The molecule has 0 heterocycles. The third kappa shape index (κ3) is 16.0. The predicted molar refractivity (Wildman–Crippen MR) is 76.2 cm³/mol. The van der Waals surface area contributed by atoms with Crippen molar-refractivity contribution < 1.29 is 9.53 Å². The van der Waals surface area contributed by atoms with Crippen molar-refractivity contribution >= 4 is 18.0 Å². The Hall–Kier alpha value is -0.0200. The fourth-order valence-electron chi connectivity index (χ4n) is 1.78. The van der Waals surface area contributed by atoms with E-state index in [1.807, 2.05) is 6.29 Å². The SMILES string of the molecule is CSCOCCCCCCCCCCC[C]=O. The van der Waals surface area contributed by atoms with Crippen LogP contribution in [0.15, 0.2) is 0 Å². The average molecular weight is 259 g/mol. The van der Waals surface area contributed by atoms with E-state index in [1.165, 1.54) is 51.4 Å². The summed E-state index contributed by atoms with van der Waals surface area (Å²) in [5.41, 5.74) is 0. The lowest BCUT2D eigenvalue weighted by Crippen LogP contribution is -1.93. The van der Waals surface area contributed by atoms with Gasteiger partial charge >= 0.3 is 0 Å². The molecule has 0 N–H and O–H groups in total. The van der Waals surface area contributed by atoms with Crippen LogP contribution in [0.3, 0.4) is 0 Å². The van der Waals surface area contributed by atoms with Crippen molar-refractivity contribution in [3.63, 3.8) is 0 Å². The second kappa shape index (κ2) is 16.0. The number of carbonyl (C=O) groups excluding carboxylic acids is 1. The average Bonchev–Trinajstić information content (AvgIpc) is 2.35. The Morgan fingerprint density at radius 1 is 0.882 bits per heavy atom. The van der Waals surface area contributed by atoms with Crippen LogP contribution in [-0.4, -0.2) is 25.1 Å². The monoisotopic (exact) mass is 259 g/mol. The summed E-state index contributed by atoms with van der Waals surface area (Å²) in [4.78, 5) is 9.97. The van der Waals surface area contributed by atoms with Gasteiger partial charge in [-0.1, -0.05) is 44.9 Å². The van der Waals surface area contributed by atoms with E-state index in [1.54, 1.807) is 11.8 Å². The molecular weight excluding hydrogens is 232 g/mol. The van der Waals surface area contributed by atoms with E-state index in [0.29, 0.717) is 6.42 Å². The van der Waals surface area contributed by atoms with Crippen LogP contribution in [0.5, 0.6) is 0 Å². The van der Waals surface area contributed by atoms with Crippen LogP contribution in [0.25, 0.3) is 0 Å². The first-order valence-electron chi connectivity index (χ1n) is 6.83. The molecule has 0 atom stereocenters. The highest BCUT2D eigenvalue weighted by Crippen LogP contribution is 2.10. The van der Waals surface area contributed by atoms with Crippen LogP contribution in [0.1, 0.15) is 64.2 Å². The lowest BCUT2D eigenvalue weighted by atomic mass is 10.1. The van der Waals surface area contributed by atoms with Gasteiger partial charge < -0.3 is 4.74 Å². The second-order valence-electron chi connectivity index (χ2n) is 4.39. The highest BCUT2D eigenvalue weighted by atomic mass is 32.2. The fourth-order valence-corrected chi connectivity index (χ4v) is 2.07. The summed E-state index contributed by atoms with van der Waals surface area (Å²) < 4.78 is 5.40. The van der Waals surface area contributed by atoms with Gasteiger partial charge in [0.2, 0.25) is 0 Å². The number of hydrogen-bond acceptors (Lipinski definition) is 3.